The molecule has 0 bridgehead atoms. The number of nitrogens with one attached hydrogen (secondary N) is 2. The molecule has 1 aromatic carbocycles. The quantitative estimate of drug-likeness (QED) is 0.633. The van der Waals surface area contributed by atoms with Gasteiger partial charge in [-0.05, 0) is 69.2 Å². The molecule has 1 aliphatic heterocycles. The van der Waals surface area contributed by atoms with E-state index in [9.17, 15) is 0 Å². The van der Waals surface area contributed by atoms with E-state index in [0.29, 0.717) is 0 Å². The number of benzene rings is 1. The fourth-order valence-corrected chi connectivity index (χ4v) is 4.14. The van der Waals surface area contributed by atoms with E-state index in [1.807, 2.05) is 0 Å². The van der Waals surface area contributed by atoms with Crippen molar-refractivity contribution in [2.75, 3.05) is 20.1 Å². The normalized spacial score (nSPS) is 15.4. The summed E-state index contributed by atoms with van der Waals surface area (Å²) in [6.45, 7) is 7.50. The number of hydrogen-bond donors (Lipinski definition) is 2. The van der Waals surface area contributed by atoms with Gasteiger partial charge in [0.25, 0.3) is 0 Å². The lowest BCUT2D eigenvalue weighted by molar-refractivity contribution is 0.315. The maximum Gasteiger partial charge on any atom is 0.0765 e. The van der Waals surface area contributed by atoms with E-state index in [0.717, 1.165) is 38.2 Å². The number of aromatic amines is 2. The summed E-state index contributed by atoms with van der Waals surface area (Å²) < 4.78 is 0. The third-order valence-corrected chi connectivity index (χ3v) is 5.42. The van der Waals surface area contributed by atoms with Crippen LogP contribution in [0.1, 0.15) is 48.8 Å². The topological polar surface area (TPSA) is 51.0 Å². The monoisotopic (exact) mass is 365 g/mol. The van der Waals surface area contributed by atoms with Gasteiger partial charge in [-0.25, -0.2) is 0 Å². The molecule has 0 unspecified atom stereocenters. The third kappa shape index (κ3) is 4.60. The Kier molecular flexibility index (Phi) is 5.60. The Bertz CT molecular complexity index is 872. The van der Waals surface area contributed by atoms with E-state index < -0.39 is 0 Å². The molecule has 0 saturated carbocycles. The van der Waals surface area contributed by atoms with E-state index >= 15 is 0 Å². The summed E-state index contributed by atoms with van der Waals surface area (Å²) in [5.41, 5.74) is 6.28. The Labute approximate surface area is 161 Å². The molecule has 0 radical (unpaired) electrons. The molecule has 144 valence electrons. The Hall–Kier alpha value is -2.11. The van der Waals surface area contributed by atoms with E-state index in [-0.39, 0.29) is 0 Å². The van der Waals surface area contributed by atoms with Gasteiger partial charge in [-0.15, -0.1) is 0 Å². The Balaban J connectivity index is 1.38. The first-order valence-corrected chi connectivity index (χ1v) is 10.2. The van der Waals surface area contributed by atoms with Crippen LogP contribution in [0.4, 0.5) is 0 Å². The second-order valence-corrected chi connectivity index (χ2v) is 8.01. The summed E-state index contributed by atoms with van der Waals surface area (Å²) in [6, 6.07) is 11.3. The molecule has 2 N–H and O–H groups in total. The molecule has 4 rings (SSSR count). The van der Waals surface area contributed by atoms with Gasteiger partial charge in [-0.1, -0.05) is 19.4 Å². The lowest BCUT2D eigenvalue weighted by atomic mass is 10.1. The van der Waals surface area contributed by atoms with Crippen LogP contribution in [0, 0.1) is 0 Å². The van der Waals surface area contributed by atoms with Crippen molar-refractivity contribution < 1.29 is 0 Å². The van der Waals surface area contributed by atoms with Crippen molar-refractivity contribution in [3.8, 4) is 0 Å². The molecular weight excluding hydrogens is 334 g/mol. The van der Waals surface area contributed by atoms with Gasteiger partial charge >= 0.3 is 0 Å². The van der Waals surface area contributed by atoms with Gasteiger partial charge in [-0.3, -0.25) is 14.9 Å². The van der Waals surface area contributed by atoms with Gasteiger partial charge < -0.3 is 4.98 Å². The number of likely N-dealkylation sites (tertiary alicyclic amines) is 1. The minimum atomic E-state index is 0.867. The van der Waals surface area contributed by atoms with Gasteiger partial charge in [0.15, 0.2) is 0 Å². The zero-order valence-electron chi connectivity index (χ0n) is 16.6. The first-order valence-electron chi connectivity index (χ1n) is 10.2. The highest BCUT2D eigenvalue weighted by Crippen LogP contribution is 2.21. The maximum absolute atomic E-state index is 4.44. The Morgan fingerprint density at radius 3 is 2.74 bits per heavy atom. The lowest BCUT2D eigenvalue weighted by Crippen LogP contribution is -2.18. The highest BCUT2D eigenvalue weighted by atomic mass is 15.2. The predicted octanol–water partition coefficient (Wildman–Crippen LogP) is 4.07. The van der Waals surface area contributed by atoms with E-state index in [2.05, 4.69) is 69.3 Å². The molecule has 0 amide bonds. The zero-order chi connectivity index (χ0) is 18.6. The SMILES string of the molecule is CCCc1cc(CN(C)Cc2ccc3[nH]c(CN4CCCC4)cc3c2)n[nH]1. The van der Waals surface area contributed by atoms with Gasteiger partial charge in [0.1, 0.15) is 0 Å². The Morgan fingerprint density at radius 2 is 1.93 bits per heavy atom. The van der Waals surface area contributed by atoms with Crippen molar-refractivity contribution in [3.05, 3.63) is 53.0 Å². The smallest absolute Gasteiger partial charge is 0.0765 e. The van der Waals surface area contributed by atoms with Gasteiger partial charge in [-0.2, -0.15) is 5.10 Å². The van der Waals surface area contributed by atoms with E-state index in [1.165, 1.54) is 53.8 Å². The van der Waals surface area contributed by atoms with Gasteiger partial charge in [0.05, 0.1) is 5.69 Å². The summed E-state index contributed by atoms with van der Waals surface area (Å²) >= 11 is 0. The fraction of sp³-hybridized carbons (Fsp3) is 0.500. The second kappa shape index (κ2) is 8.28. The second-order valence-electron chi connectivity index (χ2n) is 8.01. The van der Waals surface area contributed by atoms with Crippen LogP contribution < -0.4 is 0 Å². The molecule has 5 heteroatoms. The molecule has 1 aliphatic rings. The molecule has 2 aromatic heterocycles. The molecule has 1 fully saturated rings. The summed E-state index contributed by atoms with van der Waals surface area (Å²) in [4.78, 5) is 8.45. The van der Waals surface area contributed by atoms with Crippen LogP contribution in [0.15, 0.2) is 30.3 Å². The van der Waals surface area contributed by atoms with E-state index in [1.54, 1.807) is 0 Å². The average Bonchev–Trinajstić information content (AvgIpc) is 3.36. The number of fused-ring (bicyclic) bond motifs is 1. The predicted molar refractivity (Wildman–Crippen MR) is 111 cm³/mol. The summed E-state index contributed by atoms with van der Waals surface area (Å²) in [5, 5.41) is 8.91. The summed E-state index contributed by atoms with van der Waals surface area (Å²) in [5.74, 6) is 0. The first-order chi connectivity index (χ1) is 13.2. The molecule has 1 saturated heterocycles. The van der Waals surface area contributed by atoms with Crippen molar-refractivity contribution >= 4 is 10.9 Å². The van der Waals surface area contributed by atoms with Crippen LogP contribution in [0.3, 0.4) is 0 Å². The Morgan fingerprint density at radius 1 is 1.07 bits per heavy atom. The van der Waals surface area contributed by atoms with Crippen molar-refractivity contribution in [2.45, 2.75) is 52.2 Å². The molecular formula is C22H31N5. The molecule has 3 heterocycles. The fourth-order valence-electron chi connectivity index (χ4n) is 4.14. The molecule has 5 nitrogen and oxygen atoms in total. The number of H-pyrrole nitrogens is 2. The molecule has 3 aromatic rings. The number of aromatic nitrogens is 3. The van der Waals surface area contributed by atoms with Crippen LogP contribution in [-0.4, -0.2) is 45.1 Å². The van der Waals surface area contributed by atoms with Gasteiger partial charge in [0, 0.05) is 41.9 Å². The van der Waals surface area contributed by atoms with Crippen LogP contribution in [0.5, 0.6) is 0 Å². The van der Waals surface area contributed by atoms with Gasteiger partial charge in [0.2, 0.25) is 0 Å². The highest BCUT2D eigenvalue weighted by Gasteiger charge is 2.13. The minimum absolute atomic E-state index is 0.867. The van der Waals surface area contributed by atoms with Crippen molar-refractivity contribution in [1.82, 2.24) is 25.0 Å². The largest absolute Gasteiger partial charge is 0.357 e. The van der Waals surface area contributed by atoms with Crippen molar-refractivity contribution in [3.63, 3.8) is 0 Å². The van der Waals surface area contributed by atoms with Crippen LogP contribution in [0.25, 0.3) is 10.9 Å². The number of nitrogens with zero attached hydrogens (tertiary/aromatic N) is 3. The molecule has 0 atom stereocenters. The highest BCUT2D eigenvalue weighted by molar-refractivity contribution is 5.81. The zero-order valence-corrected chi connectivity index (χ0v) is 16.6. The summed E-state index contributed by atoms with van der Waals surface area (Å²) in [7, 11) is 2.16. The number of hydrogen-bond acceptors (Lipinski definition) is 3. The molecule has 0 spiro atoms. The molecule has 27 heavy (non-hydrogen) atoms. The minimum Gasteiger partial charge on any atom is -0.357 e. The van der Waals surface area contributed by atoms with Crippen molar-refractivity contribution in [2.24, 2.45) is 0 Å². The number of aryl methyl sites for hydroxylation is 1. The van der Waals surface area contributed by atoms with Crippen LogP contribution in [0.2, 0.25) is 0 Å². The van der Waals surface area contributed by atoms with Crippen molar-refractivity contribution in [1.29, 1.82) is 0 Å². The summed E-state index contributed by atoms with van der Waals surface area (Å²) in [6.07, 6.45) is 4.90. The maximum atomic E-state index is 4.44. The third-order valence-electron chi connectivity index (χ3n) is 5.42. The average molecular weight is 366 g/mol. The first kappa shape index (κ1) is 18.3. The lowest BCUT2D eigenvalue weighted by Gasteiger charge is -2.15. The van der Waals surface area contributed by atoms with E-state index in [4.69, 9.17) is 0 Å². The van der Waals surface area contributed by atoms with Crippen LogP contribution >= 0.6 is 0 Å². The molecule has 0 aliphatic carbocycles. The number of rotatable bonds is 8. The van der Waals surface area contributed by atoms with Crippen LogP contribution in [-0.2, 0) is 26.1 Å². The standard InChI is InChI=1S/C22H31N5/c1-3-6-19-13-21(25-24-19)15-26(2)14-17-7-8-22-18(11-17)12-20(23-22)16-27-9-4-5-10-27/h7-8,11-13,23H,3-6,9-10,14-16H2,1-2H3,(H,24,25).